The number of aromatic nitrogens is 2. The summed E-state index contributed by atoms with van der Waals surface area (Å²) in [4.78, 5) is 32.2. The molecule has 2 aromatic heterocycles. The summed E-state index contributed by atoms with van der Waals surface area (Å²) in [6.45, 7) is -0.377. The maximum atomic E-state index is 14.9. The fourth-order valence-electron chi connectivity index (χ4n) is 3.41. The molecule has 202 valence electrons. The Balaban J connectivity index is 1.68. The van der Waals surface area contributed by atoms with Gasteiger partial charge in [-0.3, -0.25) is 14.6 Å². The topological polar surface area (TPSA) is 120 Å². The Kier molecular flexibility index (Phi) is 7.95. The molecule has 3 N–H and O–H groups in total. The number of alkyl halides is 3. The van der Waals surface area contributed by atoms with Crippen LogP contribution in [0.15, 0.2) is 69.9 Å². The standard InChI is InChI=1S/C25H16BrF5N4O4/c26-21-20(12-4-6-13(7-5-12)25(29,30)31)35-24(39-21)17(11-34-23(37)15-3-1-2-10-33-15)38-16-9-8-14(27)18(19(16)28)22(32)36/h1-10,17H,11H2,(H2,32,36)(H,34,37). The number of carbonyl (C=O) groups excluding carboxylic acids is 2. The molecule has 4 aromatic rings. The van der Waals surface area contributed by atoms with Crippen LogP contribution >= 0.6 is 15.9 Å². The quantitative estimate of drug-likeness (QED) is 0.256. The van der Waals surface area contributed by atoms with Crippen molar-refractivity contribution in [1.29, 1.82) is 0 Å². The second-order valence-electron chi connectivity index (χ2n) is 7.88. The summed E-state index contributed by atoms with van der Waals surface area (Å²) in [5.74, 6) is -5.45. The van der Waals surface area contributed by atoms with Gasteiger partial charge in [-0.1, -0.05) is 18.2 Å². The molecular weight excluding hydrogens is 595 g/mol. The summed E-state index contributed by atoms with van der Waals surface area (Å²) in [5, 5.41) is 2.52. The van der Waals surface area contributed by atoms with Gasteiger partial charge in [0.25, 0.3) is 11.8 Å². The zero-order valence-electron chi connectivity index (χ0n) is 19.4. The molecule has 2 aromatic carbocycles. The number of nitrogens with zero attached hydrogens (tertiary/aromatic N) is 2. The Morgan fingerprint density at radius 3 is 2.41 bits per heavy atom. The Bertz CT molecular complexity index is 1510. The molecule has 1 unspecified atom stereocenters. The van der Waals surface area contributed by atoms with Crippen LogP contribution in [0.4, 0.5) is 22.0 Å². The fourth-order valence-corrected chi connectivity index (χ4v) is 3.89. The summed E-state index contributed by atoms with van der Waals surface area (Å²) in [5.41, 5.74) is 3.54. The van der Waals surface area contributed by atoms with Crippen LogP contribution in [0.5, 0.6) is 5.75 Å². The van der Waals surface area contributed by atoms with E-state index in [1.807, 2.05) is 0 Å². The first-order chi connectivity index (χ1) is 18.5. The van der Waals surface area contributed by atoms with Crippen molar-refractivity contribution in [3.63, 3.8) is 0 Å². The normalized spacial score (nSPS) is 12.2. The minimum absolute atomic E-state index is 0.000635. The van der Waals surface area contributed by atoms with E-state index < -0.39 is 52.6 Å². The van der Waals surface area contributed by atoms with Crippen LogP contribution in [0.1, 0.15) is 38.4 Å². The highest BCUT2D eigenvalue weighted by Gasteiger charge is 2.31. The zero-order valence-corrected chi connectivity index (χ0v) is 21.0. The number of hydrogen-bond donors (Lipinski definition) is 2. The zero-order chi connectivity index (χ0) is 28.3. The Morgan fingerprint density at radius 1 is 1.08 bits per heavy atom. The van der Waals surface area contributed by atoms with Crippen LogP contribution in [-0.2, 0) is 6.18 Å². The van der Waals surface area contributed by atoms with Gasteiger partial charge in [-0.05, 0) is 52.3 Å². The number of hydrogen-bond acceptors (Lipinski definition) is 6. The van der Waals surface area contributed by atoms with Crippen molar-refractivity contribution in [1.82, 2.24) is 15.3 Å². The third-order valence-corrected chi connectivity index (χ3v) is 5.82. The molecule has 0 saturated heterocycles. The van der Waals surface area contributed by atoms with E-state index in [0.29, 0.717) is 0 Å². The second-order valence-corrected chi connectivity index (χ2v) is 8.60. The van der Waals surface area contributed by atoms with E-state index in [0.717, 1.165) is 24.3 Å². The highest BCUT2D eigenvalue weighted by atomic mass is 79.9. The van der Waals surface area contributed by atoms with Crippen LogP contribution in [0.2, 0.25) is 0 Å². The molecule has 8 nitrogen and oxygen atoms in total. The van der Waals surface area contributed by atoms with Gasteiger partial charge in [-0.25, -0.2) is 13.8 Å². The molecule has 2 amide bonds. The first-order valence-corrected chi connectivity index (χ1v) is 11.7. The SMILES string of the molecule is NC(=O)c1c(F)ccc(OC(CNC(=O)c2ccccn2)c2nc(-c3ccc(C(F)(F)F)cc3)c(Br)o2)c1F. The average Bonchev–Trinajstić information content (AvgIpc) is 3.28. The first-order valence-electron chi connectivity index (χ1n) is 10.9. The molecule has 0 aliphatic carbocycles. The van der Waals surface area contributed by atoms with Gasteiger partial charge in [0, 0.05) is 11.8 Å². The summed E-state index contributed by atoms with van der Waals surface area (Å²) < 4.78 is 78.9. The number of halogens is 6. The molecule has 39 heavy (non-hydrogen) atoms. The van der Waals surface area contributed by atoms with E-state index in [9.17, 15) is 31.5 Å². The molecule has 14 heteroatoms. The van der Waals surface area contributed by atoms with Crippen LogP contribution < -0.4 is 15.8 Å². The highest BCUT2D eigenvalue weighted by Crippen LogP contribution is 2.35. The molecule has 0 spiro atoms. The van der Waals surface area contributed by atoms with Crippen molar-refractivity contribution >= 4 is 27.7 Å². The second kappa shape index (κ2) is 11.2. The molecule has 0 radical (unpaired) electrons. The fraction of sp³-hybridized carbons (Fsp3) is 0.120. The molecule has 0 aliphatic heterocycles. The maximum Gasteiger partial charge on any atom is 0.416 e. The van der Waals surface area contributed by atoms with Crippen molar-refractivity contribution in [2.45, 2.75) is 12.3 Å². The molecule has 0 bridgehead atoms. The summed E-state index contributed by atoms with van der Waals surface area (Å²) in [6.07, 6.45) is -4.51. The maximum absolute atomic E-state index is 14.9. The number of primary amides is 1. The van der Waals surface area contributed by atoms with Gasteiger partial charge in [0.1, 0.15) is 22.8 Å². The number of rotatable bonds is 8. The summed E-state index contributed by atoms with van der Waals surface area (Å²) >= 11 is 3.15. The van der Waals surface area contributed by atoms with E-state index in [2.05, 4.69) is 31.2 Å². The smallest absolute Gasteiger partial charge is 0.416 e. The number of amides is 2. The average molecular weight is 611 g/mol. The minimum atomic E-state index is -4.54. The number of nitrogens with two attached hydrogens (primary N) is 1. The van der Waals surface area contributed by atoms with Crippen molar-refractivity contribution in [3.8, 4) is 17.0 Å². The van der Waals surface area contributed by atoms with Crippen molar-refractivity contribution in [3.05, 3.63) is 99.8 Å². The molecular formula is C25H16BrF5N4O4. The van der Waals surface area contributed by atoms with Crippen LogP contribution in [0, 0.1) is 11.6 Å². The van der Waals surface area contributed by atoms with Gasteiger partial charge >= 0.3 is 6.18 Å². The molecule has 0 fully saturated rings. The number of oxazole rings is 1. The van der Waals surface area contributed by atoms with E-state index in [4.69, 9.17) is 14.9 Å². The first kappa shape index (κ1) is 27.7. The molecule has 0 aliphatic rings. The predicted molar refractivity (Wildman–Crippen MR) is 129 cm³/mol. The van der Waals surface area contributed by atoms with Crippen LogP contribution in [0.25, 0.3) is 11.3 Å². The molecule has 1 atom stereocenters. The van der Waals surface area contributed by atoms with Crippen molar-refractivity contribution < 1.29 is 40.7 Å². The van der Waals surface area contributed by atoms with Crippen LogP contribution in [0.3, 0.4) is 0 Å². The number of pyridine rings is 1. The lowest BCUT2D eigenvalue weighted by atomic mass is 10.1. The van der Waals surface area contributed by atoms with Crippen LogP contribution in [-0.4, -0.2) is 28.3 Å². The lowest BCUT2D eigenvalue weighted by Gasteiger charge is -2.18. The Morgan fingerprint density at radius 2 is 1.79 bits per heavy atom. The van der Waals surface area contributed by atoms with Crippen molar-refractivity contribution in [2.24, 2.45) is 5.73 Å². The number of carbonyl (C=O) groups is 2. The Hall–Kier alpha value is -4.33. The lowest BCUT2D eigenvalue weighted by molar-refractivity contribution is -0.137. The molecule has 4 rings (SSSR count). The predicted octanol–water partition coefficient (Wildman–Crippen LogP) is 5.45. The third kappa shape index (κ3) is 6.22. The van der Waals surface area contributed by atoms with E-state index >= 15 is 0 Å². The largest absolute Gasteiger partial charge is 0.476 e. The minimum Gasteiger partial charge on any atom is -0.476 e. The van der Waals surface area contributed by atoms with Gasteiger partial charge < -0.3 is 20.2 Å². The van der Waals surface area contributed by atoms with E-state index in [1.54, 1.807) is 12.1 Å². The summed E-state index contributed by atoms with van der Waals surface area (Å²) in [7, 11) is 0. The number of benzene rings is 2. The molecule has 0 saturated carbocycles. The monoisotopic (exact) mass is 610 g/mol. The van der Waals surface area contributed by atoms with Crippen molar-refractivity contribution in [2.75, 3.05) is 6.54 Å². The summed E-state index contributed by atoms with van der Waals surface area (Å²) in [6, 6.07) is 10.3. The number of ether oxygens (including phenoxy) is 1. The van der Waals surface area contributed by atoms with Gasteiger partial charge in [-0.15, -0.1) is 0 Å². The van der Waals surface area contributed by atoms with E-state index in [1.165, 1.54) is 24.4 Å². The van der Waals surface area contributed by atoms with Gasteiger partial charge in [0.15, 0.2) is 22.3 Å². The highest BCUT2D eigenvalue weighted by molar-refractivity contribution is 9.10. The Labute approximate surface area is 225 Å². The number of nitrogens with one attached hydrogen (secondary N) is 1. The van der Waals surface area contributed by atoms with E-state index in [-0.39, 0.29) is 34.1 Å². The van der Waals surface area contributed by atoms with Gasteiger partial charge in [-0.2, -0.15) is 13.2 Å². The van der Waals surface area contributed by atoms with Gasteiger partial charge in [0.2, 0.25) is 5.89 Å². The van der Waals surface area contributed by atoms with Gasteiger partial charge in [0.05, 0.1) is 12.1 Å². The lowest BCUT2D eigenvalue weighted by Crippen LogP contribution is -2.31. The molecule has 2 heterocycles. The third-order valence-electron chi connectivity index (χ3n) is 5.28.